The van der Waals surface area contributed by atoms with Crippen molar-refractivity contribution in [2.45, 2.75) is 32.5 Å². The third-order valence-electron chi connectivity index (χ3n) is 5.73. The highest BCUT2D eigenvalue weighted by Crippen LogP contribution is 2.28. The van der Waals surface area contributed by atoms with E-state index in [2.05, 4.69) is 33.6 Å². The molecule has 1 aliphatic rings. The van der Waals surface area contributed by atoms with Crippen LogP contribution in [0.15, 0.2) is 36.7 Å². The Kier molecular flexibility index (Phi) is 6.35. The van der Waals surface area contributed by atoms with E-state index in [-0.39, 0.29) is 6.04 Å². The van der Waals surface area contributed by atoms with Crippen LogP contribution < -0.4 is 15.4 Å². The Labute approximate surface area is 182 Å². The van der Waals surface area contributed by atoms with Crippen molar-refractivity contribution in [2.75, 3.05) is 38.2 Å². The second-order valence-corrected chi connectivity index (χ2v) is 8.40. The van der Waals surface area contributed by atoms with E-state index < -0.39 is 6.23 Å². The Hall–Kier alpha value is -2.75. The predicted molar refractivity (Wildman–Crippen MR) is 120 cm³/mol. The van der Waals surface area contributed by atoms with Crippen LogP contribution >= 0.6 is 0 Å². The van der Waals surface area contributed by atoms with Crippen LogP contribution in [0.1, 0.15) is 20.3 Å². The molecule has 0 bridgehead atoms. The number of nitrogens with two attached hydrogens (primary N) is 1. The zero-order valence-electron chi connectivity index (χ0n) is 18.3. The average molecular weight is 426 g/mol. The van der Waals surface area contributed by atoms with Gasteiger partial charge in [-0.05, 0) is 36.6 Å². The van der Waals surface area contributed by atoms with Crippen molar-refractivity contribution in [3.05, 3.63) is 36.7 Å². The van der Waals surface area contributed by atoms with E-state index in [1.165, 1.54) is 0 Å². The minimum absolute atomic E-state index is 0.232. The van der Waals surface area contributed by atoms with Crippen molar-refractivity contribution in [1.29, 1.82) is 0 Å². The Morgan fingerprint density at radius 2 is 1.90 bits per heavy atom. The average Bonchev–Trinajstić information content (AvgIpc) is 3.21. The van der Waals surface area contributed by atoms with Gasteiger partial charge in [-0.1, -0.05) is 13.8 Å². The summed E-state index contributed by atoms with van der Waals surface area (Å²) in [5.74, 6) is 1.87. The first-order valence-corrected chi connectivity index (χ1v) is 10.7. The van der Waals surface area contributed by atoms with Gasteiger partial charge in [-0.3, -0.25) is 4.90 Å². The third kappa shape index (κ3) is 4.48. The molecule has 0 amide bonds. The van der Waals surface area contributed by atoms with Crippen molar-refractivity contribution < 1.29 is 9.84 Å². The van der Waals surface area contributed by atoms with E-state index in [0.29, 0.717) is 11.8 Å². The van der Waals surface area contributed by atoms with Crippen LogP contribution in [-0.4, -0.2) is 75.1 Å². The van der Waals surface area contributed by atoms with E-state index >= 15 is 0 Å². The molecule has 3 N–H and O–H groups in total. The van der Waals surface area contributed by atoms with Crippen molar-refractivity contribution in [1.82, 2.24) is 24.5 Å². The minimum atomic E-state index is -0.613. The van der Waals surface area contributed by atoms with Gasteiger partial charge in [0.1, 0.15) is 12.0 Å². The fraction of sp³-hybridized carbons (Fsp3) is 0.500. The number of hydrogen-bond acceptors (Lipinski definition) is 8. The quantitative estimate of drug-likeness (QED) is 0.588. The lowest BCUT2D eigenvalue weighted by Gasteiger charge is -2.39. The molecule has 0 aromatic carbocycles. The van der Waals surface area contributed by atoms with Crippen molar-refractivity contribution >= 4 is 11.5 Å². The molecule has 166 valence electrons. The number of fused-ring (bicyclic) bond motifs is 1. The van der Waals surface area contributed by atoms with E-state index in [1.807, 2.05) is 28.8 Å². The molecule has 4 heterocycles. The standard InChI is InChI=1S/C22H31N7O2/c1-15(2)13-17(23)22(30)28-11-9-27(10-12-28)20-7-6-19-25-14-18(29(19)26-20)16-5-4-8-24-21(16)31-3/h4-8,14-15,17,22,30H,9-13,23H2,1-3H3/t17-,22?/m0/s1. The lowest BCUT2D eigenvalue weighted by atomic mass is 10.0. The number of methoxy groups -OCH3 is 1. The highest BCUT2D eigenvalue weighted by atomic mass is 16.5. The summed E-state index contributed by atoms with van der Waals surface area (Å²) < 4.78 is 7.24. The SMILES string of the molecule is COc1ncccc1-c1cnc2ccc(N3CCN(C(O)[C@@H](N)CC(C)C)CC3)nn12. The zero-order valence-corrected chi connectivity index (χ0v) is 18.3. The molecule has 2 atom stereocenters. The normalized spacial score (nSPS) is 17.3. The zero-order chi connectivity index (χ0) is 22.0. The third-order valence-corrected chi connectivity index (χ3v) is 5.73. The summed E-state index contributed by atoms with van der Waals surface area (Å²) in [5, 5.41) is 15.5. The number of hydrogen-bond donors (Lipinski definition) is 2. The van der Waals surface area contributed by atoms with Crippen LogP contribution in [0.2, 0.25) is 0 Å². The number of aliphatic hydroxyl groups is 1. The lowest BCUT2D eigenvalue weighted by molar-refractivity contribution is -0.0222. The molecule has 0 aliphatic carbocycles. The van der Waals surface area contributed by atoms with E-state index in [0.717, 1.165) is 55.3 Å². The summed E-state index contributed by atoms with van der Waals surface area (Å²) in [6.45, 7) is 7.25. The summed E-state index contributed by atoms with van der Waals surface area (Å²) in [4.78, 5) is 13.1. The van der Waals surface area contributed by atoms with Crippen LogP contribution in [0.5, 0.6) is 5.88 Å². The number of ether oxygens (including phenoxy) is 1. The number of rotatable bonds is 7. The van der Waals surface area contributed by atoms with Gasteiger partial charge in [0.05, 0.1) is 24.6 Å². The Morgan fingerprint density at radius 3 is 2.61 bits per heavy atom. The predicted octanol–water partition coefficient (Wildman–Crippen LogP) is 1.61. The maximum atomic E-state index is 10.6. The molecule has 31 heavy (non-hydrogen) atoms. The number of nitrogens with zero attached hydrogens (tertiary/aromatic N) is 6. The number of aliphatic hydroxyl groups excluding tert-OH is 1. The summed E-state index contributed by atoms with van der Waals surface area (Å²) in [6, 6.07) is 7.54. The fourth-order valence-corrected chi connectivity index (χ4v) is 4.12. The van der Waals surface area contributed by atoms with Crippen LogP contribution in [0, 0.1) is 5.92 Å². The van der Waals surface area contributed by atoms with Gasteiger partial charge in [0, 0.05) is 38.4 Å². The van der Waals surface area contributed by atoms with Gasteiger partial charge in [-0.15, -0.1) is 5.10 Å². The van der Waals surface area contributed by atoms with Crippen molar-refractivity contribution in [3.63, 3.8) is 0 Å². The van der Waals surface area contributed by atoms with E-state index in [1.54, 1.807) is 19.5 Å². The van der Waals surface area contributed by atoms with E-state index in [4.69, 9.17) is 15.6 Å². The van der Waals surface area contributed by atoms with Crippen LogP contribution in [-0.2, 0) is 0 Å². The molecule has 1 unspecified atom stereocenters. The summed E-state index contributed by atoms with van der Waals surface area (Å²) >= 11 is 0. The molecule has 1 fully saturated rings. The van der Waals surface area contributed by atoms with Gasteiger partial charge in [0.2, 0.25) is 5.88 Å². The molecule has 9 heteroatoms. The fourth-order valence-electron chi connectivity index (χ4n) is 4.12. The summed E-state index contributed by atoms with van der Waals surface area (Å²) in [5.41, 5.74) is 8.63. The van der Waals surface area contributed by atoms with Crippen molar-refractivity contribution in [2.24, 2.45) is 11.7 Å². The second-order valence-electron chi connectivity index (χ2n) is 8.40. The first-order chi connectivity index (χ1) is 15.0. The lowest BCUT2D eigenvalue weighted by Crippen LogP contribution is -2.56. The molecule has 0 radical (unpaired) electrons. The van der Waals surface area contributed by atoms with Crippen molar-refractivity contribution in [3.8, 4) is 17.1 Å². The molecule has 4 rings (SSSR count). The topological polar surface area (TPSA) is 105 Å². The summed E-state index contributed by atoms with van der Waals surface area (Å²) in [6.07, 6.45) is 3.68. The first kappa shape index (κ1) is 21.5. The molecule has 0 saturated carbocycles. The maximum Gasteiger partial charge on any atom is 0.222 e. The van der Waals surface area contributed by atoms with Gasteiger partial charge >= 0.3 is 0 Å². The number of anilines is 1. The van der Waals surface area contributed by atoms with Crippen LogP contribution in [0.25, 0.3) is 16.9 Å². The molecular weight excluding hydrogens is 394 g/mol. The number of imidazole rings is 1. The summed E-state index contributed by atoms with van der Waals surface area (Å²) in [7, 11) is 1.61. The molecule has 1 saturated heterocycles. The Balaban J connectivity index is 1.51. The van der Waals surface area contributed by atoms with Gasteiger partial charge in [0.15, 0.2) is 5.65 Å². The number of piperazine rings is 1. The smallest absolute Gasteiger partial charge is 0.222 e. The number of aromatic nitrogens is 4. The van der Waals surface area contributed by atoms with Gasteiger partial charge in [0.25, 0.3) is 0 Å². The molecule has 9 nitrogen and oxygen atoms in total. The molecule has 3 aromatic rings. The highest BCUT2D eigenvalue weighted by Gasteiger charge is 2.27. The monoisotopic (exact) mass is 425 g/mol. The van der Waals surface area contributed by atoms with Gasteiger partial charge < -0.3 is 20.5 Å². The molecule has 1 aliphatic heterocycles. The van der Waals surface area contributed by atoms with Crippen LogP contribution in [0.4, 0.5) is 5.82 Å². The van der Waals surface area contributed by atoms with E-state index in [9.17, 15) is 5.11 Å². The molecular formula is C22H31N7O2. The van der Waals surface area contributed by atoms with Crippen LogP contribution in [0.3, 0.4) is 0 Å². The highest BCUT2D eigenvalue weighted by molar-refractivity contribution is 5.68. The number of pyridine rings is 1. The Morgan fingerprint density at radius 1 is 1.13 bits per heavy atom. The molecule has 3 aromatic heterocycles. The minimum Gasteiger partial charge on any atom is -0.481 e. The first-order valence-electron chi connectivity index (χ1n) is 10.7. The second kappa shape index (κ2) is 9.17. The maximum absolute atomic E-state index is 10.6. The van der Waals surface area contributed by atoms with Gasteiger partial charge in [-0.2, -0.15) is 0 Å². The Bertz CT molecular complexity index is 1010. The molecule has 0 spiro atoms. The largest absolute Gasteiger partial charge is 0.481 e. The van der Waals surface area contributed by atoms with Gasteiger partial charge in [-0.25, -0.2) is 14.5 Å².